The van der Waals surface area contributed by atoms with E-state index in [2.05, 4.69) is 0 Å². The Hall–Kier alpha value is -2.03. The summed E-state index contributed by atoms with van der Waals surface area (Å²) in [6.07, 6.45) is 0.252. The molecule has 0 saturated carbocycles. The van der Waals surface area contributed by atoms with E-state index in [9.17, 15) is 9.90 Å². The molecule has 0 fully saturated rings. The van der Waals surface area contributed by atoms with Gasteiger partial charge in [-0.25, -0.2) is 0 Å². The van der Waals surface area contributed by atoms with Crippen LogP contribution in [0.15, 0.2) is 60.7 Å². The van der Waals surface area contributed by atoms with E-state index in [0.717, 1.165) is 16.3 Å². The Kier molecular flexibility index (Phi) is 4.56. The summed E-state index contributed by atoms with van der Waals surface area (Å²) in [5.74, 6) is -1.60. The van der Waals surface area contributed by atoms with E-state index in [4.69, 9.17) is 23.2 Å². The van der Waals surface area contributed by atoms with Crippen molar-refractivity contribution in [3.8, 4) is 0 Å². The van der Waals surface area contributed by atoms with Crippen LogP contribution in [-0.4, -0.2) is 11.1 Å². The highest BCUT2D eigenvalue weighted by Crippen LogP contribution is 2.33. The molecule has 2 nitrogen and oxygen atoms in total. The van der Waals surface area contributed by atoms with Gasteiger partial charge in [0.2, 0.25) is 0 Å². The fourth-order valence-corrected chi connectivity index (χ4v) is 3.37. The summed E-state index contributed by atoms with van der Waals surface area (Å²) in [6, 6.07) is 18.7. The van der Waals surface area contributed by atoms with Crippen LogP contribution in [0.1, 0.15) is 17.0 Å². The summed E-state index contributed by atoms with van der Waals surface area (Å²) in [5, 5.41) is 12.7. The Morgan fingerprint density at radius 2 is 1.52 bits per heavy atom. The van der Waals surface area contributed by atoms with Crippen molar-refractivity contribution in [1.82, 2.24) is 0 Å². The van der Waals surface area contributed by atoms with Crippen LogP contribution >= 0.6 is 23.2 Å². The molecule has 0 aliphatic heterocycles. The van der Waals surface area contributed by atoms with Crippen LogP contribution < -0.4 is 0 Å². The molecule has 1 N–H and O–H groups in total. The smallest absolute Gasteiger partial charge is 0.311 e. The molecule has 0 bridgehead atoms. The molecule has 3 aromatic carbocycles. The number of carbonyl (C=O) groups is 1. The second-order valence-electron chi connectivity index (χ2n) is 5.36. The topological polar surface area (TPSA) is 37.3 Å². The van der Waals surface area contributed by atoms with Crippen molar-refractivity contribution in [1.29, 1.82) is 0 Å². The molecule has 3 aromatic rings. The molecule has 0 aliphatic carbocycles. The van der Waals surface area contributed by atoms with Crippen LogP contribution in [0.5, 0.6) is 0 Å². The standard InChI is InChI=1S/C19H14Cl2O2/c20-17-9-4-10-18(21)16(17)11-15(19(22)23)14-8-3-6-12-5-1-2-7-13(12)14/h1-10,15H,11H2,(H,22,23). The number of fused-ring (bicyclic) bond motifs is 1. The number of hydrogen-bond donors (Lipinski definition) is 1. The minimum absolute atomic E-state index is 0.252. The van der Waals surface area contributed by atoms with Gasteiger partial charge in [-0.15, -0.1) is 0 Å². The van der Waals surface area contributed by atoms with Gasteiger partial charge in [0.15, 0.2) is 0 Å². The average molecular weight is 345 g/mol. The fraction of sp³-hybridized carbons (Fsp3) is 0.105. The third-order valence-corrected chi connectivity index (χ3v) is 4.68. The van der Waals surface area contributed by atoms with E-state index < -0.39 is 11.9 Å². The van der Waals surface area contributed by atoms with Gasteiger partial charge in [0, 0.05) is 10.0 Å². The summed E-state index contributed by atoms with van der Waals surface area (Å²) in [5.41, 5.74) is 1.43. The number of rotatable bonds is 4. The second kappa shape index (κ2) is 6.61. The maximum atomic E-state index is 11.9. The van der Waals surface area contributed by atoms with E-state index in [-0.39, 0.29) is 6.42 Å². The van der Waals surface area contributed by atoms with Crippen LogP contribution in [0, 0.1) is 0 Å². The molecule has 1 unspecified atom stereocenters. The van der Waals surface area contributed by atoms with Gasteiger partial charge >= 0.3 is 5.97 Å². The minimum Gasteiger partial charge on any atom is -0.481 e. The van der Waals surface area contributed by atoms with Gasteiger partial charge in [-0.2, -0.15) is 0 Å². The first-order valence-corrected chi connectivity index (χ1v) is 7.97. The van der Waals surface area contributed by atoms with Crippen molar-refractivity contribution in [2.24, 2.45) is 0 Å². The first-order valence-electron chi connectivity index (χ1n) is 7.21. The first kappa shape index (κ1) is 15.9. The predicted molar refractivity (Wildman–Crippen MR) is 94.5 cm³/mol. The highest BCUT2D eigenvalue weighted by atomic mass is 35.5. The molecule has 3 rings (SSSR count). The number of halogens is 2. The summed E-state index contributed by atoms with van der Waals surface area (Å²) in [7, 11) is 0. The third-order valence-electron chi connectivity index (χ3n) is 3.97. The van der Waals surface area contributed by atoms with Gasteiger partial charge in [-0.3, -0.25) is 4.79 Å². The lowest BCUT2D eigenvalue weighted by Crippen LogP contribution is -2.15. The second-order valence-corrected chi connectivity index (χ2v) is 6.18. The van der Waals surface area contributed by atoms with Crippen molar-refractivity contribution in [3.05, 3.63) is 81.8 Å². The molecule has 4 heteroatoms. The molecule has 1 atom stereocenters. The largest absolute Gasteiger partial charge is 0.481 e. The van der Waals surface area contributed by atoms with Gasteiger partial charge in [-0.05, 0) is 40.5 Å². The van der Waals surface area contributed by atoms with Crippen LogP contribution in [-0.2, 0) is 11.2 Å². The van der Waals surface area contributed by atoms with Crippen molar-refractivity contribution in [2.75, 3.05) is 0 Å². The first-order chi connectivity index (χ1) is 11.1. The predicted octanol–water partition coefficient (Wildman–Crippen LogP) is 5.56. The number of benzene rings is 3. The highest BCUT2D eigenvalue weighted by molar-refractivity contribution is 6.36. The Balaban J connectivity index is 2.10. The molecule has 116 valence electrons. The lowest BCUT2D eigenvalue weighted by Gasteiger charge is -2.17. The van der Waals surface area contributed by atoms with Crippen molar-refractivity contribution in [3.63, 3.8) is 0 Å². The Labute approximate surface area is 144 Å². The molecule has 0 aromatic heterocycles. The molecular weight excluding hydrogens is 331 g/mol. The number of hydrogen-bond acceptors (Lipinski definition) is 1. The lowest BCUT2D eigenvalue weighted by molar-refractivity contribution is -0.138. The molecule has 0 heterocycles. The maximum Gasteiger partial charge on any atom is 0.311 e. The van der Waals surface area contributed by atoms with E-state index >= 15 is 0 Å². The van der Waals surface area contributed by atoms with Crippen LogP contribution in [0.25, 0.3) is 10.8 Å². The Morgan fingerprint density at radius 1 is 0.913 bits per heavy atom. The minimum atomic E-state index is -0.891. The fourth-order valence-electron chi connectivity index (χ4n) is 2.82. The van der Waals surface area contributed by atoms with Gasteiger partial charge < -0.3 is 5.11 Å². The van der Waals surface area contributed by atoms with E-state index in [1.165, 1.54) is 0 Å². The molecule has 0 radical (unpaired) electrons. The Morgan fingerprint density at radius 3 is 2.22 bits per heavy atom. The van der Waals surface area contributed by atoms with Gasteiger partial charge in [0.05, 0.1) is 5.92 Å². The number of aliphatic carboxylic acids is 1. The Bertz CT molecular complexity index is 849. The van der Waals surface area contributed by atoms with Crippen LogP contribution in [0.4, 0.5) is 0 Å². The highest BCUT2D eigenvalue weighted by Gasteiger charge is 2.24. The van der Waals surface area contributed by atoms with Gasteiger partial charge in [0.25, 0.3) is 0 Å². The average Bonchev–Trinajstić information content (AvgIpc) is 2.54. The quantitative estimate of drug-likeness (QED) is 0.672. The summed E-state index contributed by atoms with van der Waals surface area (Å²) < 4.78 is 0. The molecule has 0 saturated heterocycles. The van der Waals surface area contributed by atoms with E-state index in [1.54, 1.807) is 18.2 Å². The monoisotopic (exact) mass is 344 g/mol. The number of carboxylic acid groups (broad SMARTS) is 1. The van der Waals surface area contributed by atoms with Gasteiger partial charge in [-0.1, -0.05) is 71.7 Å². The van der Waals surface area contributed by atoms with Crippen LogP contribution in [0.2, 0.25) is 10.0 Å². The van der Waals surface area contributed by atoms with Crippen molar-refractivity contribution in [2.45, 2.75) is 12.3 Å². The third kappa shape index (κ3) is 3.19. The van der Waals surface area contributed by atoms with Crippen molar-refractivity contribution >= 4 is 39.9 Å². The normalized spacial score (nSPS) is 12.3. The SMILES string of the molecule is O=C(O)C(Cc1c(Cl)cccc1Cl)c1cccc2ccccc12. The molecule has 0 amide bonds. The molecule has 0 spiro atoms. The van der Waals surface area contributed by atoms with E-state index in [1.807, 2.05) is 42.5 Å². The van der Waals surface area contributed by atoms with Crippen LogP contribution in [0.3, 0.4) is 0 Å². The molecule has 23 heavy (non-hydrogen) atoms. The maximum absolute atomic E-state index is 11.9. The zero-order valence-electron chi connectivity index (χ0n) is 12.2. The summed E-state index contributed by atoms with van der Waals surface area (Å²) >= 11 is 12.4. The zero-order chi connectivity index (χ0) is 16.4. The number of carboxylic acids is 1. The summed E-state index contributed by atoms with van der Waals surface area (Å²) in [4.78, 5) is 11.9. The summed E-state index contributed by atoms with van der Waals surface area (Å²) in [6.45, 7) is 0. The lowest BCUT2D eigenvalue weighted by atomic mass is 9.88. The van der Waals surface area contributed by atoms with Crippen molar-refractivity contribution < 1.29 is 9.90 Å². The van der Waals surface area contributed by atoms with E-state index in [0.29, 0.717) is 15.6 Å². The molecule has 0 aliphatic rings. The van der Waals surface area contributed by atoms with Gasteiger partial charge in [0.1, 0.15) is 0 Å². The molecular formula is C19H14Cl2O2. The zero-order valence-corrected chi connectivity index (χ0v) is 13.7.